The second-order valence-corrected chi connectivity index (χ2v) is 4.39. The Balaban J connectivity index is 2.07. The molecule has 0 atom stereocenters. The lowest BCUT2D eigenvalue weighted by Gasteiger charge is -2.16. The molecule has 1 saturated heterocycles. The fourth-order valence-corrected chi connectivity index (χ4v) is 2.28. The summed E-state index contributed by atoms with van der Waals surface area (Å²) in [5.74, 6) is 0.814. The Morgan fingerprint density at radius 2 is 1.74 bits per heavy atom. The summed E-state index contributed by atoms with van der Waals surface area (Å²) in [4.78, 5) is 0. The van der Waals surface area contributed by atoms with Crippen molar-refractivity contribution in [3.8, 4) is 16.9 Å². The molecule has 0 saturated carbocycles. The highest BCUT2D eigenvalue weighted by atomic mass is 16.7. The molecule has 19 heavy (non-hydrogen) atoms. The van der Waals surface area contributed by atoms with Crippen molar-refractivity contribution >= 4 is 0 Å². The molecule has 1 heterocycles. The normalized spacial score (nSPS) is 15.6. The molecule has 1 aliphatic rings. The summed E-state index contributed by atoms with van der Waals surface area (Å²) in [6.45, 7) is 1.27. The molecule has 0 aliphatic carbocycles. The van der Waals surface area contributed by atoms with Crippen molar-refractivity contribution in [3.63, 3.8) is 0 Å². The molecular formula is C16H16O3. The highest BCUT2D eigenvalue weighted by molar-refractivity contribution is 5.68. The van der Waals surface area contributed by atoms with E-state index in [1.165, 1.54) is 0 Å². The van der Waals surface area contributed by atoms with Crippen LogP contribution in [-0.2, 0) is 9.47 Å². The van der Waals surface area contributed by atoms with Crippen LogP contribution in [0.4, 0.5) is 0 Å². The van der Waals surface area contributed by atoms with E-state index in [0.717, 1.165) is 22.4 Å². The fourth-order valence-electron chi connectivity index (χ4n) is 2.28. The molecule has 0 unspecified atom stereocenters. The minimum Gasteiger partial charge on any atom is -0.497 e. The van der Waals surface area contributed by atoms with Gasteiger partial charge < -0.3 is 14.2 Å². The van der Waals surface area contributed by atoms with Crippen LogP contribution in [0.25, 0.3) is 11.1 Å². The zero-order chi connectivity index (χ0) is 13.1. The average molecular weight is 256 g/mol. The van der Waals surface area contributed by atoms with Crippen molar-refractivity contribution in [1.29, 1.82) is 0 Å². The Bertz CT molecular complexity index is 545. The molecule has 3 rings (SSSR count). The summed E-state index contributed by atoms with van der Waals surface area (Å²) in [6, 6.07) is 16.2. The summed E-state index contributed by atoms with van der Waals surface area (Å²) >= 11 is 0. The topological polar surface area (TPSA) is 27.7 Å². The summed E-state index contributed by atoms with van der Waals surface area (Å²) < 4.78 is 16.5. The van der Waals surface area contributed by atoms with Gasteiger partial charge in [0.1, 0.15) is 5.75 Å². The molecular weight excluding hydrogens is 240 g/mol. The van der Waals surface area contributed by atoms with Gasteiger partial charge in [0.25, 0.3) is 0 Å². The maximum absolute atomic E-state index is 5.62. The third-order valence-electron chi connectivity index (χ3n) is 3.22. The average Bonchev–Trinajstić information content (AvgIpc) is 3.01. The van der Waals surface area contributed by atoms with Crippen molar-refractivity contribution in [1.82, 2.24) is 0 Å². The van der Waals surface area contributed by atoms with Crippen LogP contribution in [0.15, 0.2) is 48.5 Å². The molecule has 1 fully saturated rings. The molecule has 98 valence electrons. The van der Waals surface area contributed by atoms with E-state index in [1.54, 1.807) is 7.11 Å². The van der Waals surface area contributed by atoms with E-state index < -0.39 is 0 Å². The zero-order valence-corrected chi connectivity index (χ0v) is 10.8. The predicted octanol–water partition coefficient (Wildman–Crippen LogP) is 3.41. The lowest BCUT2D eigenvalue weighted by atomic mass is 9.99. The van der Waals surface area contributed by atoms with Gasteiger partial charge in [-0.3, -0.25) is 0 Å². The van der Waals surface area contributed by atoms with Crippen LogP contribution in [-0.4, -0.2) is 20.3 Å². The van der Waals surface area contributed by atoms with Gasteiger partial charge in [-0.15, -0.1) is 0 Å². The maximum atomic E-state index is 5.62. The first-order valence-corrected chi connectivity index (χ1v) is 6.35. The lowest BCUT2D eigenvalue weighted by Crippen LogP contribution is -2.01. The van der Waals surface area contributed by atoms with Crippen molar-refractivity contribution in [2.75, 3.05) is 20.3 Å². The molecule has 2 aromatic rings. The third kappa shape index (κ3) is 2.48. The first kappa shape index (κ1) is 12.2. The third-order valence-corrected chi connectivity index (χ3v) is 3.22. The molecule has 0 aromatic heterocycles. The van der Waals surface area contributed by atoms with E-state index >= 15 is 0 Å². The molecule has 1 aliphatic heterocycles. The van der Waals surface area contributed by atoms with Crippen LogP contribution in [0.2, 0.25) is 0 Å². The lowest BCUT2D eigenvalue weighted by molar-refractivity contribution is -0.0437. The Kier molecular flexibility index (Phi) is 3.49. The monoisotopic (exact) mass is 256 g/mol. The van der Waals surface area contributed by atoms with Crippen LogP contribution in [0, 0.1) is 0 Å². The maximum Gasteiger partial charge on any atom is 0.184 e. The van der Waals surface area contributed by atoms with E-state index in [2.05, 4.69) is 18.2 Å². The second kappa shape index (κ2) is 5.43. The Hall–Kier alpha value is -1.84. The molecule has 2 aromatic carbocycles. The summed E-state index contributed by atoms with van der Waals surface area (Å²) in [5, 5.41) is 0. The summed E-state index contributed by atoms with van der Waals surface area (Å²) in [7, 11) is 1.66. The SMILES string of the molecule is COc1ccc(-c2ccccc2)c(C2OCCO2)c1. The van der Waals surface area contributed by atoms with E-state index in [1.807, 2.05) is 30.3 Å². The molecule has 3 nitrogen and oxygen atoms in total. The van der Waals surface area contributed by atoms with Crippen molar-refractivity contribution in [2.24, 2.45) is 0 Å². The van der Waals surface area contributed by atoms with Crippen LogP contribution >= 0.6 is 0 Å². The number of benzene rings is 2. The second-order valence-electron chi connectivity index (χ2n) is 4.39. The Morgan fingerprint density at radius 1 is 1.00 bits per heavy atom. The molecule has 0 N–H and O–H groups in total. The van der Waals surface area contributed by atoms with Gasteiger partial charge in [0.2, 0.25) is 0 Å². The van der Waals surface area contributed by atoms with E-state index in [-0.39, 0.29) is 6.29 Å². The largest absolute Gasteiger partial charge is 0.497 e. The first-order chi connectivity index (χ1) is 9.38. The number of hydrogen-bond acceptors (Lipinski definition) is 3. The van der Waals surface area contributed by atoms with Crippen molar-refractivity contribution in [2.45, 2.75) is 6.29 Å². The van der Waals surface area contributed by atoms with Crippen molar-refractivity contribution < 1.29 is 14.2 Å². The Labute approximate surface area is 112 Å². The number of methoxy groups -OCH3 is 1. The summed E-state index contributed by atoms with van der Waals surface area (Å²) in [6.07, 6.45) is -0.301. The first-order valence-electron chi connectivity index (χ1n) is 6.35. The molecule has 0 spiro atoms. The van der Waals surface area contributed by atoms with Crippen LogP contribution in [0.3, 0.4) is 0 Å². The van der Waals surface area contributed by atoms with Crippen molar-refractivity contribution in [3.05, 3.63) is 54.1 Å². The quantitative estimate of drug-likeness (QED) is 0.842. The van der Waals surface area contributed by atoms with Crippen LogP contribution < -0.4 is 4.74 Å². The zero-order valence-electron chi connectivity index (χ0n) is 10.8. The van der Waals surface area contributed by atoms with Gasteiger partial charge in [0.15, 0.2) is 6.29 Å². The minimum absolute atomic E-state index is 0.301. The van der Waals surface area contributed by atoms with Gasteiger partial charge in [0, 0.05) is 5.56 Å². The van der Waals surface area contributed by atoms with Crippen LogP contribution in [0.1, 0.15) is 11.9 Å². The number of hydrogen-bond donors (Lipinski definition) is 0. The predicted molar refractivity (Wildman–Crippen MR) is 73.1 cm³/mol. The van der Waals surface area contributed by atoms with Gasteiger partial charge >= 0.3 is 0 Å². The Morgan fingerprint density at radius 3 is 2.42 bits per heavy atom. The summed E-state index contributed by atoms with van der Waals surface area (Å²) in [5.41, 5.74) is 3.29. The van der Waals surface area contributed by atoms with Gasteiger partial charge in [-0.2, -0.15) is 0 Å². The van der Waals surface area contributed by atoms with E-state index in [4.69, 9.17) is 14.2 Å². The van der Waals surface area contributed by atoms with Gasteiger partial charge in [-0.1, -0.05) is 36.4 Å². The molecule has 3 heteroatoms. The minimum atomic E-state index is -0.301. The van der Waals surface area contributed by atoms with E-state index in [0.29, 0.717) is 13.2 Å². The van der Waals surface area contributed by atoms with Gasteiger partial charge in [0.05, 0.1) is 20.3 Å². The van der Waals surface area contributed by atoms with E-state index in [9.17, 15) is 0 Å². The van der Waals surface area contributed by atoms with Gasteiger partial charge in [-0.25, -0.2) is 0 Å². The van der Waals surface area contributed by atoms with Crippen LogP contribution in [0.5, 0.6) is 5.75 Å². The molecule has 0 bridgehead atoms. The fraction of sp³-hybridized carbons (Fsp3) is 0.250. The number of rotatable bonds is 3. The molecule has 0 radical (unpaired) electrons. The number of ether oxygens (including phenoxy) is 3. The van der Waals surface area contributed by atoms with Gasteiger partial charge in [-0.05, 0) is 23.3 Å². The highest BCUT2D eigenvalue weighted by Crippen LogP contribution is 2.35. The smallest absolute Gasteiger partial charge is 0.184 e. The molecule has 0 amide bonds. The highest BCUT2D eigenvalue weighted by Gasteiger charge is 2.22. The standard InChI is InChI=1S/C16H16O3/c1-17-13-7-8-14(12-5-3-2-4-6-12)15(11-13)16-18-9-10-19-16/h2-8,11,16H,9-10H2,1H3.